The summed E-state index contributed by atoms with van der Waals surface area (Å²) in [5.41, 5.74) is 6.49. The van der Waals surface area contributed by atoms with Crippen LogP contribution in [-0.4, -0.2) is 20.4 Å². The molecule has 0 heterocycles. The predicted molar refractivity (Wildman–Crippen MR) is 112 cm³/mol. The summed E-state index contributed by atoms with van der Waals surface area (Å²) in [6.45, 7) is 3.95. The number of anilines is 2. The molecule has 0 spiro atoms. The first-order valence-corrected chi connectivity index (χ1v) is 9.99. The first-order chi connectivity index (χ1) is 12.2. The summed E-state index contributed by atoms with van der Waals surface area (Å²) >= 11 is 6.00. The summed E-state index contributed by atoms with van der Waals surface area (Å²) in [4.78, 5) is 12.1. The number of nitrogens with two attached hydrogens (primary N) is 1. The van der Waals surface area contributed by atoms with Crippen molar-refractivity contribution in [2.24, 2.45) is 11.7 Å². The number of nitrogens with one attached hydrogen (secondary N) is 2. The predicted octanol–water partition coefficient (Wildman–Crippen LogP) is 3.87. The van der Waals surface area contributed by atoms with Gasteiger partial charge in [0.2, 0.25) is 5.91 Å². The molecule has 4 N–H and O–H groups in total. The second-order valence-corrected chi connectivity index (χ2v) is 8.43. The highest BCUT2D eigenvalue weighted by molar-refractivity contribution is 7.92. The third-order valence-electron chi connectivity index (χ3n) is 3.59. The van der Waals surface area contributed by atoms with E-state index in [0.717, 1.165) is 0 Å². The van der Waals surface area contributed by atoms with Gasteiger partial charge in [-0.1, -0.05) is 43.6 Å². The standard InChI is InChI=1S/C18H22ClN3O3S.ClH/c1-12(2)10-16(20)18(23)21-13-6-5-7-14(11-13)26(24,25)22-17-9-4-3-8-15(17)19;/h3-9,11-12,16,22H,10,20H2,1-2H3,(H,21,23);1H/t16-;/m0./s1. The fourth-order valence-electron chi connectivity index (χ4n) is 2.34. The molecule has 0 aliphatic rings. The molecule has 9 heteroatoms. The Morgan fingerprint density at radius 1 is 1.15 bits per heavy atom. The lowest BCUT2D eigenvalue weighted by Gasteiger charge is -2.15. The lowest BCUT2D eigenvalue weighted by atomic mass is 10.0. The van der Waals surface area contributed by atoms with E-state index in [2.05, 4.69) is 10.0 Å². The van der Waals surface area contributed by atoms with E-state index in [4.69, 9.17) is 17.3 Å². The van der Waals surface area contributed by atoms with Crippen LogP contribution in [0, 0.1) is 5.92 Å². The number of halogens is 2. The summed E-state index contributed by atoms with van der Waals surface area (Å²) in [7, 11) is -3.85. The molecule has 0 saturated carbocycles. The third-order valence-corrected chi connectivity index (χ3v) is 5.28. The van der Waals surface area contributed by atoms with Crippen molar-refractivity contribution < 1.29 is 13.2 Å². The second-order valence-electron chi connectivity index (χ2n) is 6.34. The minimum atomic E-state index is -3.85. The maximum Gasteiger partial charge on any atom is 0.262 e. The number of rotatable bonds is 7. The van der Waals surface area contributed by atoms with Crippen molar-refractivity contribution in [3.8, 4) is 0 Å². The van der Waals surface area contributed by atoms with Crippen LogP contribution in [0.25, 0.3) is 0 Å². The van der Waals surface area contributed by atoms with Gasteiger partial charge in [-0.2, -0.15) is 0 Å². The van der Waals surface area contributed by atoms with Crippen LogP contribution in [-0.2, 0) is 14.8 Å². The van der Waals surface area contributed by atoms with Crippen LogP contribution in [0.5, 0.6) is 0 Å². The lowest BCUT2D eigenvalue weighted by molar-refractivity contribution is -0.117. The highest BCUT2D eigenvalue weighted by Crippen LogP contribution is 2.25. The minimum absolute atomic E-state index is 0. The first-order valence-electron chi connectivity index (χ1n) is 8.13. The molecule has 2 aromatic carbocycles. The minimum Gasteiger partial charge on any atom is -0.325 e. The number of hydrogen-bond donors (Lipinski definition) is 3. The number of carbonyl (C=O) groups is 1. The van der Waals surface area contributed by atoms with E-state index in [-0.39, 0.29) is 34.8 Å². The molecule has 0 aliphatic carbocycles. The van der Waals surface area contributed by atoms with Crippen molar-refractivity contribution in [3.05, 3.63) is 53.6 Å². The topological polar surface area (TPSA) is 101 Å². The van der Waals surface area contributed by atoms with Crippen molar-refractivity contribution in [2.45, 2.75) is 31.2 Å². The lowest BCUT2D eigenvalue weighted by Crippen LogP contribution is -2.36. The number of benzene rings is 2. The molecule has 0 fully saturated rings. The van der Waals surface area contributed by atoms with Gasteiger partial charge in [0, 0.05) is 5.69 Å². The van der Waals surface area contributed by atoms with Crippen molar-refractivity contribution in [2.75, 3.05) is 10.0 Å². The summed E-state index contributed by atoms with van der Waals surface area (Å²) in [5, 5.41) is 2.94. The Balaban J connectivity index is 0.00000364. The molecule has 0 aromatic heterocycles. The van der Waals surface area contributed by atoms with Crippen molar-refractivity contribution in [3.63, 3.8) is 0 Å². The van der Waals surface area contributed by atoms with E-state index in [1.807, 2.05) is 13.8 Å². The van der Waals surface area contributed by atoms with Gasteiger partial charge >= 0.3 is 0 Å². The Labute approximate surface area is 170 Å². The Kier molecular flexibility index (Phi) is 8.56. The maximum absolute atomic E-state index is 12.6. The van der Waals surface area contributed by atoms with Gasteiger partial charge in [0.1, 0.15) is 0 Å². The molecule has 148 valence electrons. The zero-order chi connectivity index (χ0) is 19.3. The van der Waals surface area contributed by atoms with Gasteiger partial charge in [0.15, 0.2) is 0 Å². The first kappa shape index (κ1) is 23.2. The molecule has 0 aliphatic heterocycles. The van der Waals surface area contributed by atoms with Gasteiger partial charge in [-0.05, 0) is 42.7 Å². The fraction of sp³-hybridized carbons (Fsp3) is 0.278. The average molecular weight is 432 g/mol. The van der Waals surface area contributed by atoms with Crippen molar-refractivity contribution >= 4 is 51.3 Å². The Hall–Kier alpha value is -1.80. The summed E-state index contributed by atoms with van der Waals surface area (Å²) in [6, 6.07) is 11.8. The Morgan fingerprint density at radius 3 is 2.44 bits per heavy atom. The monoisotopic (exact) mass is 431 g/mol. The molecule has 0 radical (unpaired) electrons. The Morgan fingerprint density at radius 2 is 1.81 bits per heavy atom. The molecule has 0 bridgehead atoms. The van der Waals surface area contributed by atoms with Gasteiger partial charge in [0.25, 0.3) is 10.0 Å². The molecule has 2 rings (SSSR count). The van der Waals surface area contributed by atoms with Gasteiger partial charge in [-0.15, -0.1) is 12.4 Å². The largest absolute Gasteiger partial charge is 0.325 e. The van der Waals surface area contributed by atoms with Crippen LogP contribution in [0.1, 0.15) is 20.3 Å². The summed E-state index contributed by atoms with van der Waals surface area (Å²) < 4.78 is 27.6. The number of para-hydroxylation sites is 1. The van der Waals surface area contributed by atoms with E-state index in [9.17, 15) is 13.2 Å². The fourth-order valence-corrected chi connectivity index (χ4v) is 3.70. The number of amides is 1. The SMILES string of the molecule is CC(C)C[C@H](N)C(=O)Nc1cccc(S(=O)(=O)Nc2ccccc2Cl)c1.Cl. The maximum atomic E-state index is 12.6. The highest BCUT2D eigenvalue weighted by atomic mass is 35.5. The van der Waals surface area contributed by atoms with Crippen LogP contribution in [0.2, 0.25) is 5.02 Å². The molecule has 1 atom stereocenters. The van der Waals surface area contributed by atoms with E-state index >= 15 is 0 Å². The molecule has 1 amide bonds. The third kappa shape index (κ3) is 6.70. The smallest absolute Gasteiger partial charge is 0.262 e. The van der Waals surface area contributed by atoms with E-state index in [1.165, 1.54) is 12.1 Å². The van der Waals surface area contributed by atoms with Crippen LogP contribution >= 0.6 is 24.0 Å². The van der Waals surface area contributed by atoms with Gasteiger partial charge in [0.05, 0.1) is 21.6 Å². The zero-order valence-corrected chi connectivity index (χ0v) is 17.4. The highest BCUT2D eigenvalue weighted by Gasteiger charge is 2.18. The van der Waals surface area contributed by atoms with Crippen molar-refractivity contribution in [1.82, 2.24) is 0 Å². The number of sulfonamides is 1. The van der Waals surface area contributed by atoms with Crippen molar-refractivity contribution in [1.29, 1.82) is 0 Å². The van der Waals surface area contributed by atoms with E-state index in [0.29, 0.717) is 17.1 Å². The van der Waals surface area contributed by atoms with Gasteiger partial charge in [-0.3, -0.25) is 9.52 Å². The number of carbonyl (C=O) groups excluding carboxylic acids is 1. The van der Waals surface area contributed by atoms with Crippen LogP contribution in [0.3, 0.4) is 0 Å². The zero-order valence-electron chi connectivity index (χ0n) is 15.0. The molecule has 27 heavy (non-hydrogen) atoms. The molecule has 0 unspecified atom stereocenters. The van der Waals surface area contributed by atoms with Gasteiger partial charge < -0.3 is 11.1 Å². The second kappa shape index (κ2) is 9.94. The molecule has 2 aromatic rings. The Bertz CT molecular complexity index is 889. The van der Waals surface area contributed by atoms with Gasteiger partial charge in [-0.25, -0.2) is 8.42 Å². The summed E-state index contributed by atoms with van der Waals surface area (Å²) in [6.07, 6.45) is 0.540. The summed E-state index contributed by atoms with van der Waals surface area (Å²) in [5.74, 6) is -0.0744. The molecular formula is C18H23Cl2N3O3S. The van der Waals surface area contributed by atoms with Crippen LogP contribution in [0.4, 0.5) is 11.4 Å². The molecular weight excluding hydrogens is 409 g/mol. The van der Waals surface area contributed by atoms with Crippen LogP contribution < -0.4 is 15.8 Å². The van der Waals surface area contributed by atoms with E-state index < -0.39 is 16.1 Å². The van der Waals surface area contributed by atoms with Crippen LogP contribution in [0.15, 0.2) is 53.4 Å². The molecule has 6 nitrogen and oxygen atoms in total. The quantitative estimate of drug-likeness (QED) is 0.618. The van der Waals surface area contributed by atoms with E-state index in [1.54, 1.807) is 36.4 Å². The number of hydrogen-bond acceptors (Lipinski definition) is 4. The normalized spacial score (nSPS) is 12.2. The molecule has 0 saturated heterocycles. The average Bonchev–Trinajstić information content (AvgIpc) is 2.56.